The van der Waals surface area contributed by atoms with Gasteiger partial charge >= 0.3 is 0 Å². The first-order valence-electron chi connectivity index (χ1n) is 8.63. The van der Waals surface area contributed by atoms with Gasteiger partial charge in [-0.15, -0.1) is 0 Å². The number of aryl methyl sites for hydroxylation is 1. The number of nitrogens with one attached hydrogen (secondary N) is 2. The van der Waals surface area contributed by atoms with Crippen LogP contribution in [0.1, 0.15) is 5.56 Å². The minimum absolute atomic E-state index is 0.0323. The van der Waals surface area contributed by atoms with Crippen LogP contribution in [0.15, 0.2) is 72.8 Å². The molecule has 7 heteroatoms. The van der Waals surface area contributed by atoms with Crippen LogP contribution >= 0.6 is 0 Å². The minimum atomic E-state index is -0.470. The number of rotatable bonds is 7. The summed E-state index contributed by atoms with van der Waals surface area (Å²) in [5.41, 5.74) is 1.86. The summed E-state index contributed by atoms with van der Waals surface area (Å²) >= 11 is 0. The highest BCUT2D eigenvalue weighted by Gasteiger charge is 2.11. The molecule has 0 aliphatic carbocycles. The number of anilines is 2. The molecular weight excluding hydrogens is 358 g/mol. The standard InChI is InChI=1S/C21H19N3O4/c1-15-11-12-16(24(26)27)13-19(15)22-14-21(25)23-18-9-5-6-10-20(18)28-17-7-3-2-4-8-17/h2-13,22H,14H2,1H3,(H,23,25). The predicted octanol–water partition coefficient (Wildman–Crippen LogP) is 4.75. The summed E-state index contributed by atoms with van der Waals surface area (Å²) < 4.78 is 5.82. The third-order valence-corrected chi connectivity index (χ3v) is 4.00. The van der Waals surface area contributed by atoms with Crippen LogP contribution in [-0.2, 0) is 4.79 Å². The molecule has 3 aromatic rings. The zero-order valence-corrected chi connectivity index (χ0v) is 15.2. The first-order valence-corrected chi connectivity index (χ1v) is 8.63. The summed E-state index contributed by atoms with van der Waals surface area (Å²) in [5, 5.41) is 16.7. The fraction of sp³-hybridized carbons (Fsp3) is 0.0952. The number of nitro benzene ring substituents is 1. The van der Waals surface area contributed by atoms with Crippen molar-refractivity contribution in [2.24, 2.45) is 0 Å². The number of nitrogens with zero attached hydrogens (tertiary/aromatic N) is 1. The van der Waals surface area contributed by atoms with E-state index in [-0.39, 0.29) is 18.1 Å². The van der Waals surface area contributed by atoms with Crippen LogP contribution in [0.4, 0.5) is 17.1 Å². The average Bonchev–Trinajstić information content (AvgIpc) is 2.69. The number of carbonyl (C=O) groups excluding carboxylic acids is 1. The van der Waals surface area contributed by atoms with E-state index in [9.17, 15) is 14.9 Å². The molecule has 2 N–H and O–H groups in total. The molecule has 0 aliphatic heterocycles. The third-order valence-electron chi connectivity index (χ3n) is 4.00. The number of benzene rings is 3. The number of para-hydroxylation sites is 3. The van der Waals surface area contributed by atoms with Crippen molar-refractivity contribution in [3.05, 3.63) is 88.5 Å². The lowest BCUT2D eigenvalue weighted by atomic mass is 10.2. The summed E-state index contributed by atoms with van der Waals surface area (Å²) in [5.74, 6) is 0.887. The quantitative estimate of drug-likeness (QED) is 0.458. The Kier molecular flexibility index (Phi) is 5.86. The van der Waals surface area contributed by atoms with E-state index in [4.69, 9.17) is 4.74 Å². The highest BCUT2D eigenvalue weighted by Crippen LogP contribution is 2.29. The Bertz CT molecular complexity index is 990. The molecule has 7 nitrogen and oxygen atoms in total. The van der Waals surface area contributed by atoms with E-state index in [1.54, 1.807) is 24.3 Å². The smallest absolute Gasteiger partial charge is 0.271 e. The number of ether oxygens (including phenoxy) is 1. The van der Waals surface area contributed by atoms with Crippen molar-refractivity contribution >= 4 is 23.0 Å². The second kappa shape index (κ2) is 8.68. The van der Waals surface area contributed by atoms with Gasteiger partial charge in [-0.2, -0.15) is 0 Å². The largest absolute Gasteiger partial charge is 0.455 e. The molecular formula is C21H19N3O4. The maximum atomic E-state index is 12.4. The molecule has 142 valence electrons. The van der Waals surface area contributed by atoms with Gasteiger partial charge in [-0.25, -0.2) is 0 Å². The molecule has 0 atom stereocenters. The van der Waals surface area contributed by atoms with Gasteiger partial charge in [0.05, 0.1) is 17.2 Å². The topological polar surface area (TPSA) is 93.5 Å². The van der Waals surface area contributed by atoms with E-state index >= 15 is 0 Å². The van der Waals surface area contributed by atoms with E-state index in [1.807, 2.05) is 43.3 Å². The van der Waals surface area contributed by atoms with Gasteiger partial charge in [0.2, 0.25) is 5.91 Å². The second-order valence-corrected chi connectivity index (χ2v) is 6.07. The maximum Gasteiger partial charge on any atom is 0.271 e. The normalized spacial score (nSPS) is 10.2. The molecule has 0 bridgehead atoms. The molecule has 0 aromatic heterocycles. The lowest BCUT2D eigenvalue weighted by molar-refractivity contribution is -0.384. The van der Waals surface area contributed by atoms with Crippen molar-refractivity contribution in [1.29, 1.82) is 0 Å². The summed E-state index contributed by atoms with van der Waals surface area (Å²) in [6.07, 6.45) is 0. The van der Waals surface area contributed by atoms with Crippen LogP contribution in [0.3, 0.4) is 0 Å². The Hall–Kier alpha value is -3.87. The van der Waals surface area contributed by atoms with Crippen molar-refractivity contribution in [3.63, 3.8) is 0 Å². The van der Waals surface area contributed by atoms with Crippen molar-refractivity contribution in [3.8, 4) is 11.5 Å². The van der Waals surface area contributed by atoms with E-state index in [2.05, 4.69) is 10.6 Å². The maximum absolute atomic E-state index is 12.4. The van der Waals surface area contributed by atoms with Gasteiger partial charge in [-0.05, 0) is 36.8 Å². The van der Waals surface area contributed by atoms with Gasteiger partial charge in [0, 0.05) is 17.8 Å². The predicted molar refractivity (Wildman–Crippen MR) is 108 cm³/mol. The van der Waals surface area contributed by atoms with Crippen LogP contribution in [0, 0.1) is 17.0 Å². The lowest BCUT2D eigenvalue weighted by Crippen LogP contribution is -2.22. The van der Waals surface area contributed by atoms with Crippen LogP contribution < -0.4 is 15.4 Å². The molecule has 28 heavy (non-hydrogen) atoms. The van der Waals surface area contributed by atoms with Crippen LogP contribution in [0.2, 0.25) is 0 Å². The average molecular weight is 377 g/mol. The van der Waals surface area contributed by atoms with Gasteiger partial charge in [-0.1, -0.05) is 36.4 Å². The van der Waals surface area contributed by atoms with E-state index < -0.39 is 4.92 Å². The van der Waals surface area contributed by atoms with Gasteiger partial charge in [0.1, 0.15) is 5.75 Å². The van der Waals surface area contributed by atoms with E-state index in [0.29, 0.717) is 22.9 Å². The monoisotopic (exact) mass is 377 g/mol. The van der Waals surface area contributed by atoms with Crippen LogP contribution in [0.25, 0.3) is 0 Å². The molecule has 0 aliphatic rings. The van der Waals surface area contributed by atoms with Gasteiger partial charge < -0.3 is 15.4 Å². The number of non-ortho nitro benzene ring substituents is 1. The van der Waals surface area contributed by atoms with Crippen LogP contribution in [-0.4, -0.2) is 17.4 Å². The summed E-state index contributed by atoms with van der Waals surface area (Å²) in [4.78, 5) is 22.8. The molecule has 0 saturated heterocycles. The van der Waals surface area contributed by atoms with E-state index in [0.717, 1.165) is 5.56 Å². The van der Waals surface area contributed by atoms with Gasteiger partial charge in [-0.3, -0.25) is 14.9 Å². The fourth-order valence-electron chi connectivity index (χ4n) is 2.56. The van der Waals surface area contributed by atoms with Crippen LogP contribution in [0.5, 0.6) is 11.5 Å². The van der Waals surface area contributed by atoms with Gasteiger partial charge in [0.15, 0.2) is 5.75 Å². The number of amides is 1. The first kappa shape index (κ1) is 18.9. The van der Waals surface area contributed by atoms with Gasteiger partial charge in [0.25, 0.3) is 5.69 Å². The summed E-state index contributed by atoms with van der Waals surface area (Å²) in [7, 11) is 0. The molecule has 1 amide bonds. The molecule has 0 radical (unpaired) electrons. The Balaban J connectivity index is 1.66. The number of hydrogen-bond donors (Lipinski definition) is 2. The second-order valence-electron chi connectivity index (χ2n) is 6.07. The Morgan fingerprint density at radius 2 is 1.71 bits per heavy atom. The Morgan fingerprint density at radius 1 is 1.00 bits per heavy atom. The van der Waals surface area contributed by atoms with E-state index in [1.165, 1.54) is 12.1 Å². The molecule has 0 fully saturated rings. The molecule has 0 spiro atoms. The number of carbonyl (C=O) groups is 1. The zero-order valence-electron chi connectivity index (χ0n) is 15.2. The Morgan fingerprint density at radius 3 is 2.46 bits per heavy atom. The van der Waals surface area contributed by atoms with Crippen molar-refractivity contribution in [1.82, 2.24) is 0 Å². The summed E-state index contributed by atoms with van der Waals surface area (Å²) in [6.45, 7) is 1.77. The van der Waals surface area contributed by atoms with Crippen molar-refractivity contribution < 1.29 is 14.5 Å². The highest BCUT2D eigenvalue weighted by molar-refractivity contribution is 5.95. The van der Waals surface area contributed by atoms with Crippen molar-refractivity contribution in [2.75, 3.05) is 17.2 Å². The Labute approximate surface area is 162 Å². The zero-order chi connectivity index (χ0) is 19.9. The highest BCUT2D eigenvalue weighted by atomic mass is 16.6. The first-order chi connectivity index (χ1) is 13.5. The SMILES string of the molecule is Cc1ccc([N+](=O)[O-])cc1NCC(=O)Nc1ccccc1Oc1ccccc1. The molecule has 0 saturated carbocycles. The number of nitro groups is 1. The number of hydrogen-bond acceptors (Lipinski definition) is 5. The molecule has 0 heterocycles. The van der Waals surface area contributed by atoms with Crippen molar-refractivity contribution in [2.45, 2.75) is 6.92 Å². The minimum Gasteiger partial charge on any atom is -0.455 e. The lowest BCUT2D eigenvalue weighted by Gasteiger charge is -2.13. The summed E-state index contributed by atoms with van der Waals surface area (Å²) in [6, 6.07) is 20.9. The molecule has 3 rings (SSSR count). The molecule has 3 aromatic carbocycles. The third kappa shape index (κ3) is 4.85. The molecule has 0 unspecified atom stereocenters. The fourth-order valence-corrected chi connectivity index (χ4v) is 2.56.